The third-order valence-electron chi connectivity index (χ3n) is 2.10. The zero-order chi connectivity index (χ0) is 11.1. The largest absolute Gasteiger partial charge is 0.426 e. The van der Waals surface area contributed by atoms with Gasteiger partial charge in [0.1, 0.15) is 5.75 Å². The van der Waals surface area contributed by atoms with Crippen LogP contribution in [-0.2, 0) is 11.4 Å². The van der Waals surface area contributed by atoms with Gasteiger partial charge in [-0.15, -0.1) is 0 Å². The molecule has 0 aromatic heterocycles. The van der Waals surface area contributed by atoms with Crippen LogP contribution in [0.4, 0.5) is 0 Å². The second kappa shape index (κ2) is 6.19. The van der Waals surface area contributed by atoms with Crippen molar-refractivity contribution in [3.8, 4) is 5.75 Å². The van der Waals surface area contributed by atoms with E-state index >= 15 is 0 Å². The molecular weight excluding hydrogens is 192 g/mol. The highest BCUT2D eigenvalue weighted by molar-refractivity contribution is 5.72. The van der Waals surface area contributed by atoms with Gasteiger partial charge in [0.2, 0.25) is 0 Å². The lowest BCUT2D eigenvalue weighted by atomic mass is 10.2. The van der Waals surface area contributed by atoms with E-state index in [9.17, 15) is 4.79 Å². The summed E-state index contributed by atoms with van der Waals surface area (Å²) in [5.41, 5.74) is 0.641. The van der Waals surface area contributed by atoms with E-state index in [1.165, 1.54) is 0 Å². The molecule has 1 rings (SSSR count). The maximum atomic E-state index is 11.3. The van der Waals surface area contributed by atoms with Crippen molar-refractivity contribution < 1.29 is 14.6 Å². The number of esters is 1. The molecule has 0 radical (unpaired) electrons. The van der Waals surface area contributed by atoms with E-state index in [1.54, 1.807) is 24.3 Å². The van der Waals surface area contributed by atoms with E-state index in [-0.39, 0.29) is 12.6 Å². The zero-order valence-electron chi connectivity index (χ0n) is 8.90. The van der Waals surface area contributed by atoms with Crippen molar-refractivity contribution in [2.45, 2.75) is 32.8 Å². The summed E-state index contributed by atoms with van der Waals surface area (Å²) in [5, 5.41) is 9.02. The molecule has 0 aliphatic rings. The second-order valence-electron chi connectivity index (χ2n) is 3.34. The van der Waals surface area contributed by atoms with Crippen molar-refractivity contribution in [2.75, 3.05) is 0 Å². The first-order valence-electron chi connectivity index (χ1n) is 5.17. The Morgan fingerprint density at radius 3 is 2.80 bits per heavy atom. The maximum Gasteiger partial charge on any atom is 0.311 e. The fourth-order valence-electron chi connectivity index (χ4n) is 1.23. The van der Waals surface area contributed by atoms with Crippen molar-refractivity contribution in [3.05, 3.63) is 29.8 Å². The fraction of sp³-hybridized carbons (Fsp3) is 0.417. The minimum absolute atomic E-state index is 0.114. The number of aliphatic hydroxyl groups excluding tert-OH is 1. The van der Waals surface area contributed by atoms with Crippen LogP contribution in [-0.4, -0.2) is 11.1 Å². The molecule has 0 spiro atoms. The predicted octanol–water partition coefficient (Wildman–Crippen LogP) is 2.27. The van der Waals surface area contributed by atoms with Gasteiger partial charge in [0.25, 0.3) is 0 Å². The first-order chi connectivity index (χ1) is 7.27. The van der Waals surface area contributed by atoms with Gasteiger partial charge in [0, 0.05) is 12.0 Å². The molecule has 1 aromatic carbocycles. The van der Waals surface area contributed by atoms with E-state index in [0.717, 1.165) is 12.8 Å². The Morgan fingerprint density at radius 1 is 1.40 bits per heavy atom. The number of para-hydroxylation sites is 1. The lowest BCUT2D eigenvalue weighted by Crippen LogP contribution is -2.08. The van der Waals surface area contributed by atoms with Gasteiger partial charge in [0.15, 0.2) is 0 Å². The molecule has 0 atom stereocenters. The van der Waals surface area contributed by atoms with Gasteiger partial charge in [-0.05, 0) is 12.5 Å². The topological polar surface area (TPSA) is 46.5 Å². The number of rotatable bonds is 5. The molecule has 0 amide bonds. The van der Waals surface area contributed by atoms with Crippen LogP contribution in [0.5, 0.6) is 5.75 Å². The minimum Gasteiger partial charge on any atom is -0.426 e. The van der Waals surface area contributed by atoms with E-state index in [2.05, 4.69) is 0 Å². The first kappa shape index (κ1) is 11.7. The molecule has 15 heavy (non-hydrogen) atoms. The summed E-state index contributed by atoms with van der Waals surface area (Å²) in [6.45, 7) is 1.91. The average Bonchev–Trinajstić information content (AvgIpc) is 2.27. The molecule has 0 saturated heterocycles. The summed E-state index contributed by atoms with van der Waals surface area (Å²) in [7, 11) is 0. The normalized spacial score (nSPS) is 10.0. The molecule has 3 heteroatoms. The Labute approximate surface area is 89.7 Å². The summed E-state index contributed by atoms with van der Waals surface area (Å²) in [4.78, 5) is 11.3. The number of carbonyl (C=O) groups is 1. The third-order valence-corrected chi connectivity index (χ3v) is 2.10. The van der Waals surface area contributed by atoms with Crippen LogP contribution in [0.2, 0.25) is 0 Å². The molecular formula is C12H16O3. The highest BCUT2D eigenvalue weighted by Gasteiger charge is 2.07. The molecule has 0 fully saturated rings. The molecule has 0 heterocycles. The van der Waals surface area contributed by atoms with Crippen molar-refractivity contribution in [1.29, 1.82) is 0 Å². The van der Waals surface area contributed by atoms with Crippen LogP contribution < -0.4 is 4.74 Å². The van der Waals surface area contributed by atoms with Gasteiger partial charge in [0.05, 0.1) is 6.61 Å². The molecule has 0 bridgehead atoms. The Bertz CT molecular complexity index is 320. The Hall–Kier alpha value is -1.35. The van der Waals surface area contributed by atoms with Crippen molar-refractivity contribution in [1.82, 2.24) is 0 Å². The van der Waals surface area contributed by atoms with Gasteiger partial charge in [-0.2, -0.15) is 0 Å². The lowest BCUT2D eigenvalue weighted by molar-refractivity contribution is -0.134. The molecule has 0 aliphatic carbocycles. The minimum atomic E-state index is -0.238. The molecule has 0 aliphatic heterocycles. The SMILES string of the molecule is CCCCC(=O)Oc1ccccc1CO. The van der Waals surface area contributed by atoms with E-state index in [1.807, 2.05) is 6.92 Å². The second-order valence-corrected chi connectivity index (χ2v) is 3.34. The summed E-state index contributed by atoms with van der Waals surface area (Å²) in [6, 6.07) is 7.01. The number of unbranched alkanes of at least 4 members (excludes halogenated alkanes) is 1. The quantitative estimate of drug-likeness (QED) is 0.596. The maximum absolute atomic E-state index is 11.3. The van der Waals surface area contributed by atoms with Gasteiger partial charge in [-0.1, -0.05) is 31.5 Å². The van der Waals surface area contributed by atoms with Gasteiger partial charge in [-0.3, -0.25) is 4.79 Å². The van der Waals surface area contributed by atoms with Crippen LogP contribution in [0.1, 0.15) is 31.7 Å². The summed E-state index contributed by atoms with van der Waals surface area (Å²) in [5.74, 6) is 0.221. The van der Waals surface area contributed by atoms with Gasteiger partial charge < -0.3 is 9.84 Å². The number of hydrogen-bond acceptors (Lipinski definition) is 3. The summed E-state index contributed by atoms with van der Waals surface area (Å²) < 4.78 is 5.14. The number of aliphatic hydroxyl groups is 1. The molecule has 1 N–H and O–H groups in total. The van der Waals surface area contributed by atoms with E-state index in [0.29, 0.717) is 17.7 Å². The fourth-order valence-corrected chi connectivity index (χ4v) is 1.23. The van der Waals surface area contributed by atoms with Crippen molar-refractivity contribution >= 4 is 5.97 Å². The predicted molar refractivity (Wildman–Crippen MR) is 57.5 cm³/mol. The monoisotopic (exact) mass is 208 g/mol. The highest BCUT2D eigenvalue weighted by Crippen LogP contribution is 2.18. The van der Waals surface area contributed by atoms with E-state index in [4.69, 9.17) is 9.84 Å². The summed E-state index contributed by atoms with van der Waals surface area (Å²) in [6.07, 6.45) is 2.23. The molecule has 3 nitrogen and oxygen atoms in total. The Morgan fingerprint density at radius 2 is 2.13 bits per heavy atom. The summed E-state index contributed by atoms with van der Waals surface area (Å²) >= 11 is 0. The smallest absolute Gasteiger partial charge is 0.311 e. The van der Waals surface area contributed by atoms with Crippen molar-refractivity contribution in [3.63, 3.8) is 0 Å². The Kier molecular flexibility index (Phi) is 4.84. The molecule has 1 aromatic rings. The van der Waals surface area contributed by atoms with Crippen LogP contribution in [0.25, 0.3) is 0 Å². The van der Waals surface area contributed by atoms with E-state index < -0.39 is 0 Å². The Balaban J connectivity index is 2.59. The number of carbonyl (C=O) groups excluding carboxylic acids is 1. The average molecular weight is 208 g/mol. The van der Waals surface area contributed by atoms with Crippen LogP contribution >= 0.6 is 0 Å². The lowest BCUT2D eigenvalue weighted by Gasteiger charge is -2.07. The first-order valence-corrected chi connectivity index (χ1v) is 5.17. The van der Waals surface area contributed by atoms with Crippen LogP contribution in [0.15, 0.2) is 24.3 Å². The number of benzene rings is 1. The standard InChI is InChI=1S/C12H16O3/c1-2-3-8-12(14)15-11-7-5-4-6-10(11)9-13/h4-7,13H,2-3,8-9H2,1H3. The third kappa shape index (κ3) is 3.72. The van der Waals surface area contributed by atoms with Crippen molar-refractivity contribution in [2.24, 2.45) is 0 Å². The number of ether oxygens (including phenoxy) is 1. The van der Waals surface area contributed by atoms with Gasteiger partial charge >= 0.3 is 5.97 Å². The molecule has 0 saturated carbocycles. The molecule has 0 unspecified atom stereocenters. The van der Waals surface area contributed by atoms with Crippen LogP contribution in [0.3, 0.4) is 0 Å². The highest BCUT2D eigenvalue weighted by atomic mass is 16.5. The molecule has 82 valence electrons. The van der Waals surface area contributed by atoms with Crippen LogP contribution in [0, 0.1) is 0 Å². The zero-order valence-corrected chi connectivity index (χ0v) is 8.90. The number of hydrogen-bond donors (Lipinski definition) is 1. The van der Waals surface area contributed by atoms with Gasteiger partial charge in [-0.25, -0.2) is 0 Å².